The van der Waals surface area contributed by atoms with Gasteiger partial charge in [-0.1, -0.05) is 25.4 Å². The number of nitrogens with zero attached hydrogens (tertiary/aromatic N) is 2. The van der Waals surface area contributed by atoms with Crippen molar-refractivity contribution in [2.45, 2.75) is 46.5 Å². The van der Waals surface area contributed by atoms with Crippen molar-refractivity contribution in [2.24, 2.45) is 0 Å². The van der Waals surface area contributed by atoms with E-state index >= 15 is 0 Å². The van der Waals surface area contributed by atoms with E-state index in [0.29, 0.717) is 17.0 Å². The SMILES string of the molecule is CC.CO/C(C)=C\Cl.COc1cc(C(=O)N2CCC(F)(F)CC2)cnc1C. The molecule has 0 bridgehead atoms. The lowest BCUT2D eigenvalue weighted by molar-refractivity contribution is -0.0494. The van der Waals surface area contributed by atoms with Gasteiger partial charge in [0.25, 0.3) is 11.8 Å². The zero-order valence-corrected chi connectivity index (χ0v) is 17.6. The lowest BCUT2D eigenvalue weighted by Gasteiger charge is -2.31. The Morgan fingerprint density at radius 2 is 1.85 bits per heavy atom. The number of piperidine rings is 1. The predicted octanol–water partition coefficient (Wildman–Crippen LogP) is 5.03. The summed E-state index contributed by atoms with van der Waals surface area (Å²) in [5.74, 6) is -1.67. The molecule has 1 aromatic heterocycles. The monoisotopic (exact) mass is 406 g/mol. The number of hydrogen-bond acceptors (Lipinski definition) is 4. The zero-order chi connectivity index (χ0) is 21.0. The molecule has 1 amide bonds. The number of likely N-dealkylation sites (tertiary alicyclic amines) is 1. The summed E-state index contributed by atoms with van der Waals surface area (Å²) in [6.45, 7) is 7.70. The average molecular weight is 407 g/mol. The van der Waals surface area contributed by atoms with Gasteiger partial charge in [-0.05, 0) is 19.9 Å². The highest BCUT2D eigenvalue weighted by atomic mass is 35.5. The standard InChI is InChI=1S/C13H16F2N2O2.C4H7ClO.C2H6/c1-9-11(19-2)7-10(8-16-9)12(18)17-5-3-13(14,15)4-6-17;1-4(3-5)6-2;1-2/h7-8H,3-6H2,1-2H3;3H,1-2H3;1-2H3/b;4-3-;. The molecule has 0 spiro atoms. The summed E-state index contributed by atoms with van der Waals surface area (Å²) in [5, 5.41) is 0. The van der Waals surface area contributed by atoms with Gasteiger partial charge in [0.1, 0.15) is 11.5 Å². The van der Waals surface area contributed by atoms with Gasteiger partial charge < -0.3 is 14.4 Å². The van der Waals surface area contributed by atoms with Crippen LogP contribution in [0.15, 0.2) is 23.6 Å². The van der Waals surface area contributed by atoms with E-state index in [9.17, 15) is 13.6 Å². The number of ether oxygens (including phenoxy) is 2. The molecule has 5 nitrogen and oxygen atoms in total. The van der Waals surface area contributed by atoms with E-state index in [0.717, 1.165) is 5.76 Å². The van der Waals surface area contributed by atoms with Gasteiger partial charge in [-0.15, -0.1) is 0 Å². The number of carbonyl (C=O) groups excluding carboxylic acids is 1. The van der Waals surface area contributed by atoms with Gasteiger partial charge in [-0.3, -0.25) is 9.78 Å². The van der Waals surface area contributed by atoms with Crippen molar-refractivity contribution in [1.82, 2.24) is 9.88 Å². The molecule has 1 saturated heterocycles. The van der Waals surface area contributed by atoms with Gasteiger partial charge in [0, 0.05) is 37.7 Å². The first-order valence-electron chi connectivity index (χ1n) is 8.72. The highest BCUT2D eigenvalue weighted by molar-refractivity contribution is 6.25. The lowest BCUT2D eigenvalue weighted by atomic mass is 10.1. The third kappa shape index (κ3) is 8.56. The van der Waals surface area contributed by atoms with E-state index in [1.54, 1.807) is 27.0 Å². The molecule has 0 saturated carbocycles. The third-order valence-electron chi connectivity index (χ3n) is 3.77. The first-order chi connectivity index (χ1) is 12.7. The molecule has 2 heterocycles. The number of pyridine rings is 1. The molecule has 0 aromatic carbocycles. The Morgan fingerprint density at radius 1 is 1.30 bits per heavy atom. The number of aromatic nitrogens is 1. The van der Waals surface area contributed by atoms with Gasteiger partial charge in [0.05, 0.1) is 25.5 Å². The number of allylic oxidation sites excluding steroid dienone is 1. The molecule has 0 aliphatic carbocycles. The predicted molar refractivity (Wildman–Crippen MR) is 104 cm³/mol. The Balaban J connectivity index is 0.000000722. The second-order valence-electron chi connectivity index (χ2n) is 5.58. The molecule has 1 aromatic rings. The van der Waals surface area contributed by atoms with Crippen molar-refractivity contribution < 1.29 is 23.0 Å². The van der Waals surface area contributed by atoms with Crippen LogP contribution < -0.4 is 4.74 Å². The van der Waals surface area contributed by atoms with Gasteiger partial charge >= 0.3 is 0 Å². The molecule has 1 aliphatic heterocycles. The van der Waals surface area contributed by atoms with Crippen LogP contribution in [0.5, 0.6) is 5.75 Å². The van der Waals surface area contributed by atoms with Crippen molar-refractivity contribution in [3.8, 4) is 5.75 Å². The van der Waals surface area contributed by atoms with Gasteiger partial charge in [0.15, 0.2) is 0 Å². The first-order valence-corrected chi connectivity index (χ1v) is 9.16. The molecule has 0 radical (unpaired) electrons. The molecule has 8 heteroatoms. The van der Waals surface area contributed by atoms with E-state index in [2.05, 4.69) is 9.72 Å². The van der Waals surface area contributed by atoms with Crippen LogP contribution in [0, 0.1) is 6.92 Å². The molecular formula is C19H29ClF2N2O3. The highest BCUT2D eigenvalue weighted by Crippen LogP contribution is 2.28. The van der Waals surface area contributed by atoms with Crippen LogP contribution in [0.3, 0.4) is 0 Å². The van der Waals surface area contributed by atoms with E-state index < -0.39 is 5.92 Å². The topological polar surface area (TPSA) is 51.7 Å². The Labute approximate surface area is 165 Å². The Morgan fingerprint density at radius 3 is 2.26 bits per heavy atom. The number of aryl methyl sites for hydroxylation is 1. The largest absolute Gasteiger partial charge is 0.500 e. The van der Waals surface area contributed by atoms with Crippen molar-refractivity contribution in [2.75, 3.05) is 27.3 Å². The third-order valence-corrected chi connectivity index (χ3v) is 4.07. The summed E-state index contributed by atoms with van der Waals surface area (Å²) in [6, 6.07) is 1.59. The van der Waals surface area contributed by atoms with Crippen LogP contribution in [0.1, 0.15) is 49.7 Å². The summed E-state index contributed by atoms with van der Waals surface area (Å²) in [6.07, 6.45) is 0.886. The quantitative estimate of drug-likeness (QED) is 0.660. The highest BCUT2D eigenvalue weighted by Gasteiger charge is 2.35. The van der Waals surface area contributed by atoms with Gasteiger partial charge in [0.2, 0.25) is 0 Å². The molecule has 27 heavy (non-hydrogen) atoms. The summed E-state index contributed by atoms with van der Waals surface area (Å²) >= 11 is 5.17. The summed E-state index contributed by atoms with van der Waals surface area (Å²) < 4.78 is 35.8. The number of amides is 1. The van der Waals surface area contributed by atoms with E-state index in [4.69, 9.17) is 16.3 Å². The molecule has 1 fully saturated rings. The Kier molecular flexibility index (Phi) is 11.6. The smallest absolute Gasteiger partial charge is 0.255 e. The van der Waals surface area contributed by atoms with Gasteiger partial charge in [-0.2, -0.15) is 0 Å². The van der Waals surface area contributed by atoms with Crippen molar-refractivity contribution in [1.29, 1.82) is 0 Å². The molecular weight excluding hydrogens is 378 g/mol. The first kappa shape index (κ1) is 25.1. The summed E-state index contributed by atoms with van der Waals surface area (Å²) in [5.41, 5.74) is 2.44. The van der Waals surface area contributed by atoms with Crippen LogP contribution >= 0.6 is 11.6 Å². The van der Waals surface area contributed by atoms with Crippen LogP contribution in [0.4, 0.5) is 8.78 Å². The zero-order valence-electron chi connectivity index (χ0n) is 16.8. The number of hydrogen-bond donors (Lipinski definition) is 0. The van der Waals surface area contributed by atoms with E-state index in [1.165, 1.54) is 23.7 Å². The van der Waals surface area contributed by atoms with Crippen molar-refractivity contribution >= 4 is 17.5 Å². The fourth-order valence-electron chi connectivity index (χ4n) is 2.10. The summed E-state index contributed by atoms with van der Waals surface area (Å²) in [4.78, 5) is 17.7. The van der Waals surface area contributed by atoms with Crippen LogP contribution in [-0.2, 0) is 4.74 Å². The fourth-order valence-corrected chi connectivity index (χ4v) is 2.19. The number of methoxy groups -OCH3 is 2. The lowest BCUT2D eigenvalue weighted by Crippen LogP contribution is -2.42. The van der Waals surface area contributed by atoms with Crippen LogP contribution in [0.25, 0.3) is 0 Å². The van der Waals surface area contributed by atoms with Crippen molar-refractivity contribution in [3.05, 3.63) is 34.8 Å². The minimum Gasteiger partial charge on any atom is -0.500 e. The molecule has 154 valence electrons. The van der Waals surface area contributed by atoms with E-state index in [1.807, 2.05) is 13.8 Å². The number of carbonyl (C=O) groups is 1. The van der Waals surface area contributed by atoms with Gasteiger partial charge in [-0.25, -0.2) is 8.78 Å². The van der Waals surface area contributed by atoms with Crippen LogP contribution in [-0.4, -0.2) is 49.0 Å². The number of rotatable bonds is 3. The summed E-state index contributed by atoms with van der Waals surface area (Å²) in [7, 11) is 3.08. The molecule has 0 unspecified atom stereocenters. The second kappa shape index (κ2) is 12.5. The van der Waals surface area contributed by atoms with E-state index in [-0.39, 0.29) is 31.8 Å². The maximum atomic E-state index is 13.0. The Bertz CT molecular complexity index is 615. The number of halogens is 3. The molecule has 2 rings (SSSR count). The maximum absolute atomic E-state index is 13.0. The minimum absolute atomic E-state index is 0.0715. The fraction of sp³-hybridized carbons (Fsp3) is 0.579. The van der Waals surface area contributed by atoms with Crippen LogP contribution in [0.2, 0.25) is 0 Å². The molecule has 1 aliphatic rings. The Hall–Kier alpha value is -1.89. The minimum atomic E-state index is -2.65. The normalized spacial score (nSPS) is 15.6. The maximum Gasteiger partial charge on any atom is 0.255 e. The molecule has 0 N–H and O–H groups in total. The van der Waals surface area contributed by atoms with Crippen molar-refractivity contribution in [3.63, 3.8) is 0 Å². The number of alkyl halides is 2. The second-order valence-corrected chi connectivity index (χ2v) is 5.80. The molecule has 0 atom stereocenters. The average Bonchev–Trinajstić information content (AvgIpc) is 2.69.